The van der Waals surface area contributed by atoms with E-state index in [0.717, 1.165) is 56.1 Å². The minimum absolute atomic E-state index is 0.595. The van der Waals surface area contributed by atoms with E-state index in [1.165, 1.54) is 0 Å². The molecular weight excluding hydrogens is 280 g/mol. The van der Waals surface area contributed by atoms with Gasteiger partial charge in [0, 0.05) is 26.2 Å². The zero-order chi connectivity index (χ0) is 16.1. The second-order valence-electron chi connectivity index (χ2n) is 5.98. The zero-order valence-corrected chi connectivity index (χ0v) is 13.7. The molecule has 0 aromatic heterocycles. The number of nitrogens with zero attached hydrogens (tertiary/aromatic N) is 2. The number of likely N-dealkylation sites (N-methyl/N-ethyl adjacent to an activating group) is 1. The summed E-state index contributed by atoms with van der Waals surface area (Å²) in [4.78, 5) is 16.1. The zero-order valence-electron chi connectivity index (χ0n) is 13.7. The standard InChI is InChI=1S/C17H26N2O3/c1-13-5-4-6-14(2)15(13)16(17(20)21)18(3)7-8-19-9-11-22-12-10-19/h4-6,16H,7-12H2,1-3H3,(H,20,21). The molecule has 0 radical (unpaired) electrons. The number of carboxylic acid groups (broad SMARTS) is 1. The van der Waals surface area contributed by atoms with E-state index in [0.29, 0.717) is 0 Å². The number of hydrogen-bond donors (Lipinski definition) is 1. The maximum atomic E-state index is 11.8. The monoisotopic (exact) mass is 306 g/mol. The fourth-order valence-corrected chi connectivity index (χ4v) is 3.04. The molecule has 5 heteroatoms. The number of benzene rings is 1. The Kier molecular flexibility index (Phi) is 5.94. The highest BCUT2D eigenvalue weighted by Crippen LogP contribution is 2.26. The van der Waals surface area contributed by atoms with Gasteiger partial charge in [0.1, 0.15) is 6.04 Å². The maximum Gasteiger partial charge on any atom is 0.325 e. The van der Waals surface area contributed by atoms with Gasteiger partial charge in [-0.2, -0.15) is 0 Å². The van der Waals surface area contributed by atoms with Crippen molar-refractivity contribution in [2.45, 2.75) is 19.9 Å². The molecule has 122 valence electrons. The molecule has 0 spiro atoms. The average molecular weight is 306 g/mol. The van der Waals surface area contributed by atoms with Gasteiger partial charge in [0.2, 0.25) is 0 Å². The molecule has 1 atom stereocenters. The first-order chi connectivity index (χ1) is 10.5. The van der Waals surface area contributed by atoms with Gasteiger partial charge in [-0.15, -0.1) is 0 Å². The van der Waals surface area contributed by atoms with Crippen LogP contribution >= 0.6 is 0 Å². The Hall–Kier alpha value is -1.43. The SMILES string of the molecule is Cc1cccc(C)c1C(C(=O)O)N(C)CCN1CCOCC1. The van der Waals surface area contributed by atoms with E-state index in [1.807, 2.05) is 44.0 Å². The molecule has 22 heavy (non-hydrogen) atoms. The predicted octanol–water partition coefficient (Wildman–Crippen LogP) is 1.69. The van der Waals surface area contributed by atoms with Crippen molar-refractivity contribution in [1.82, 2.24) is 9.80 Å². The number of morpholine rings is 1. The van der Waals surface area contributed by atoms with Crippen LogP contribution in [0.15, 0.2) is 18.2 Å². The summed E-state index contributed by atoms with van der Waals surface area (Å²) < 4.78 is 5.34. The molecule has 1 fully saturated rings. The van der Waals surface area contributed by atoms with E-state index in [4.69, 9.17) is 4.74 Å². The third kappa shape index (κ3) is 4.06. The molecule has 1 aliphatic rings. The van der Waals surface area contributed by atoms with Crippen molar-refractivity contribution in [2.75, 3.05) is 46.4 Å². The Morgan fingerprint density at radius 2 is 1.91 bits per heavy atom. The van der Waals surface area contributed by atoms with Gasteiger partial charge in [-0.1, -0.05) is 18.2 Å². The molecule has 1 unspecified atom stereocenters. The molecule has 5 nitrogen and oxygen atoms in total. The van der Waals surface area contributed by atoms with Gasteiger partial charge in [-0.05, 0) is 37.6 Å². The lowest BCUT2D eigenvalue weighted by Gasteiger charge is -2.31. The van der Waals surface area contributed by atoms with Crippen LogP contribution in [0.1, 0.15) is 22.7 Å². The molecule has 1 N–H and O–H groups in total. The number of carbonyl (C=O) groups is 1. The van der Waals surface area contributed by atoms with Gasteiger partial charge in [0.15, 0.2) is 0 Å². The van der Waals surface area contributed by atoms with Crippen LogP contribution in [-0.2, 0) is 9.53 Å². The molecule has 1 aromatic rings. The quantitative estimate of drug-likeness (QED) is 0.867. The van der Waals surface area contributed by atoms with Crippen LogP contribution in [0.5, 0.6) is 0 Å². The Balaban J connectivity index is 2.08. The molecule has 1 heterocycles. The van der Waals surface area contributed by atoms with Crippen LogP contribution in [0.3, 0.4) is 0 Å². The van der Waals surface area contributed by atoms with Crippen LogP contribution in [0.4, 0.5) is 0 Å². The topological polar surface area (TPSA) is 53.0 Å². The van der Waals surface area contributed by atoms with Crippen molar-refractivity contribution in [3.63, 3.8) is 0 Å². The van der Waals surface area contributed by atoms with Gasteiger partial charge in [-0.3, -0.25) is 14.6 Å². The highest BCUT2D eigenvalue weighted by molar-refractivity contribution is 5.76. The second-order valence-corrected chi connectivity index (χ2v) is 5.98. The molecule has 1 aliphatic heterocycles. The fraction of sp³-hybridized carbons (Fsp3) is 0.588. The molecule has 0 aliphatic carbocycles. The van der Waals surface area contributed by atoms with Crippen molar-refractivity contribution in [2.24, 2.45) is 0 Å². The Morgan fingerprint density at radius 1 is 1.32 bits per heavy atom. The van der Waals surface area contributed by atoms with E-state index in [2.05, 4.69) is 4.90 Å². The molecule has 1 saturated heterocycles. The fourth-order valence-electron chi connectivity index (χ4n) is 3.04. The van der Waals surface area contributed by atoms with Crippen molar-refractivity contribution in [3.8, 4) is 0 Å². The summed E-state index contributed by atoms with van der Waals surface area (Å²) in [6.45, 7) is 8.94. The first-order valence-electron chi connectivity index (χ1n) is 7.80. The third-order valence-electron chi connectivity index (χ3n) is 4.36. The first kappa shape index (κ1) is 16.9. The number of hydrogen-bond acceptors (Lipinski definition) is 4. The first-order valence-corrected chi connectivity index (χ1v) is 7.80. The lowest BCUT2D eigenvalue weighted by Crippen LogP contribution is -2.42. The average Bonchev–Trinajstić information content (AvgIpc) is 2.49. The van der Waals surface area contributed by atoms with Crippen LogP contribution in [0.2, 0.25) is 0 Å². The molecular formula is C17H26N2O3. The van der Waals surface area contributed by atoms with E-state index in [-0.39, 0.29) is 0 Å². The minimum Gasteiger partial charge on any atom is -0.480 e. The van der Waals surface area contributed by atoms with E-state index >= 15 is 0 Å². The van der Waals surface area contributed by atoms with E-state index < -0.39 is 12.0 Å². The smallest absolute Gasteiger partial charge is 0.325 e. The summed E-state index contributed by atoms with van der Waals surface area (Å²) in [5, 5.41) is 9.71. The number of carboxylic acids is 1. The van der Waals surface area contributed by atoms with Gasteiger partial charge < -0.3 is 9.84 Å². The number of ether oxygens (including phenoxy) is 1. The summed E-state index contributed by atoms with van der Waals surface area (Å²) in [5.41, 5.74) is 2.98. The lowest BCUT2D eigenvalue weighted by atomic mass is 9.95. The summed E-state index contributed by atoms with van der Waals surface area (Å²) >= 11 is 0. The predicted molar refractivity (Wildman–Crippen MR) is 86.2 cm³/mol. The van der Waals surface area contributed by atoms with Crippen LogP contribution < -0.4 is 0 Å². The van der Waals surface area contributed by atoms with E-state index in [1.54, 1.807) is 0 Å². The van der Waals surface area contributed by atoms with Gasteiger partial charge >= 0.3 is 5.97 Å². The van der Waals surface area contributed by atoms with Crippen LogP contribution in [-0.4, -0.2) is 67.3 Å². The van der Waals surface area contributed by atoms with Gasteiger partial charge in [0.05, 0.1) is 13.2 Å². The summed E-state index contributed by atoms with van der Waals surface area (Å²) in [7, 11) is 1.89. The Labute approximate surface area is 132 Å². The number of rotatable bonds is 6. The molecule has 0 saturated carbocycles. The molecule has 0 amide bonds. The normalized spacial score (nSPS) is 17.6. The maximum absolute atomic E-state index is 11.8. The van der Waals surface area contributed by atoms with Crippen LogP contribution in [0.25, 0.3) is 0 Å². The highest BCUT2D eigenvalue weighted by atomic mass is 16.5. The summed E-state index contributed by atoms with van der Waals surface area (Å²) in [5.74, 6) is -0.790. The van der Waals surface area contributed by atoms with Gasteiger partial charge in [0.25, 0.3) is 0 Å². The Morgan fingerprint density at radius 3 is 2.45 bits per heavy atom. The summed E-state index contributed by atoms with van der Waals surface area (Å²) in [6.07, 6.45) is 0. The largest absolute Gasteiger partial charge is 0.480 e. The van der Waals surface area contributed by atoms with Gasteiger partial charge in [-0.25, -0.2) is 0 Å². The van der Waals surface area contributed by atoms with Crippen molar-refractivity contribution < 1.29 is 14.6 Å². The molecule has 1 aromatic carbocycles. The number of aryl methyl sites for hydroxylation is 2. The Bertz CT molecular complexity index is 492. The molecule has 0 bridgehead atoms. The highest BCUT2D eigenvalue weighted by Gasteiger charge is 2.27. The van der Waals surface area contributed by atoms with E-state index in [9.17, 15) is 9.90 Å². The van der Waals surface area contributed by atoms with Crippen molar-refractivity contribution >= 4 is 5.97 Å². The molecule has 2 rings (SSSR count). The third-order valence-corrected chi connectivity index (χ3v) is 4.36. The van der Waals surface area contributed by atoms with Crippen molar-refractivity contribution in [3.05, 3.63) is 34.9 Å². The van der Waals surface area contributed by atoms with Crippen LogP contribution in [0, 0.1) is 13.8 Å². The second kappa shape index (κ2) is 7.72. The minimum atomic E-state index is -0.790. The van der Waals surface area contributed by atoms with Crippen molar-refractivity contribution in [1.29, 1.82) is 0 Å². The number of aliphatic carboxylic acids is 1. The lowest BCUT2D eigenvalue weighted by molar-refractivity contribution is -0.143. The summed E-state index contributed by atoms with van der Waals surface area (Å²) in [6, 6.07) is 5.34.